The Morgan fingerprint density at radius 3 is 2.83 bits per heavy atom. The van der Waals surface area contributed by atoms with Crippen molar-refractivity contribution < 1.29 is 37.8 Å². The summed E-state index contributed by atoms with van der Waals surface area (Å²) in [6, 6.07) is 8.78. The Bertz CT molecular complexity index is 1280. The van der Waals surface area contributed by atoms with Gasteiger partial charge in [0, 0.05) is 42.9 Å². The summed E-state index contributed by atoms with van der Waals surface area (Å²) in [7, 11) is 0. The van der Waals surface area contributed by atoms with Crippen molar-refractivity contribution in [2.24, 2.45) is 0 Å². The molecule has 36 heavy (non-hydrogen) atoms. The lowest BCUT2D eigenvalue weighted by Gasteiger charge is -2.34. The summed E-state index contributed by atoms with van der Waals surface area (Å²) in [5, 5.41) is 17.4. The molecule has 1 unspecified atom stereocenters. The van der Waals surface area contributed by atoms with Gasteiger partial charge in [0.2, 0.25) is 0 Å². The topological polar surface area (TPSA) is 149 Å². The minimum Gasteiger partial charge on any atom is -0.487 e. The van der Waals surface area contributed by atoms with Gasteiger partial charge in [-0.15, -0.1) is 0 Å². The molecule has 0 spiro atoms. The van der Waals surface area contributed by atoms with Gasteiger partial charge >= 0.3 is 0 Å². The van der Waals surface area contributed by atoms with Crippen LogP contribution in [0.25, 0.3) is 11.0 Å². The number of ether oxygens (including phenoxy) is 3. The van der Waals surface area contributed by atoms with Crippen molar-refractivity contribution in [3.63, 3.8) is 0 Å². The standard InChI is InChI=1S/C24H25FN4O7/c25-17-4-2-14(12-19(17)35-15-5-8-33-9-6-15)29-7-10-34-21(24(29)32)20(30)23(31)27-13-1-3-16-18(11-13)36-28-22(16)26/h1-4,11-12,15,20-21,30H,5-10H2,(H2,26,28)(H,27,31)/t20?,21-/m1/s1. The number of carbonyl (C=O) groups excluding carboxylic acids is 2. The van der Waals surface area contributed by atoms with Gasteiger partial charge in [0.1, 0.15) is 6.10 Å². The molecule has 0 aliphatic carbocycles. The molecule has 3 aromatic rings. The van der Waals surface area contributed by atoms with Crippen LogP contribution in [0.2, 0.25) is 0 Å². The van der Waals surface area contributed by atoms with Crippen LogP contribution < -0.4 is 20.7 Å². The molecule has 0 bridgehead atoms. The number of nitrogen functional groups attached to an aromatic ring is 1. The lowest BCUT2D eigenvalue weighted by atomic mass is 10.1. The highest BCUT2D eigenvalue weighted by Crippen LogP contribution is 2.29. The van der Waals surface area contributed by atoms with E-state index in [4.69, 9.17) is 24.5 Å². The average molecular weight is 500 g/mol. The van der Waals surface area contributed by atoms with Crippen molar-refractivity contribution in [1.29, 1.82) is 0 Å². The zero-order chi connectivity index (χ0) is 25.2. The molecule has 190 valence electrons. The van der Waals surface area contributed by atoms with Crippen molar-refractivity contribution in [3.8, 4) is 5.75 Å². The highest BCUT2D eigenvalue weighted by Gasteiger charge is 2.39. The number of benzene rings is 2. The van der Waals surface area contributed by atoms with E-state index in [9.17, 15) is 19.1 Å². The Morgan fingerprint density at radius 2 is 2.03 bits per heavy atom. The van der Waals surface area contributed by atoms with Crippen LogP contribution in [0.3, 0.4) is 0 Å². The van der Waals surface area contributed by atoms with E-state index in [1.807, 2.05) is 0 Å². The number of hydrogen-bond acceptors (Lipinski definition) is 9. The van der Waals surface area contributed by atoms with Crippen LogP contribution >= 0.6 is 0 Å². The molecule has 5 rings (SSSR count). The minimum atomic E-state index is -1.80. The lowest BCUT2D eigenvalue weighted by Crippen LogP contribution is -2.55. The summed E-state index contributed by atoms with van der Waals surface area (Å²) in [4.78, 5) is 27.2. The van der Waals surface area contributed by atoms with E-state index in [2.05, 4.69) is 10.5 Å². The predicted molar refractivity (Wildman–Crippen MR) is 126 cm³/mol. The summed E-state index contributed by atoms with van der Waals surface area (Å²) in [6.45, 7) is 1.30. The SMILES string of the molecule is Nc1noc2cc(NC(=O)C(O)[C@H]3OCCN(c4ccc(F)c(OC5CCOCC5)c4)C3=O)ccc12. The van der Waals surface area contributed by atoms with Crippen molar-refractivity contribution in [3.05, 3.63) is 42.2 Å². The van der Waals surface area contributed by atoms with Gasteiger partial charge in [0.05, 0.1) is 25.2 Å². The maximum Gasteiger partial charge on any atom is 0.259 e. The summed E-state index contributed by atoms with van der Waals surface area (Å²) >= 11 is 0. The predicted octanol–water partition coefficient (Wildman–Crippen LogP) is 1.84. The van der Waals surface area contributed by atoms with Gasteiger partial charge in [-0.3, -0.25) is 9.59 Å². The van der Waals surface area contributed by atoms with Gasteiger partial charge in [0.25, 0.3) is 11.8 Å². The Morgan fingerprint density at radius 1 is 1.22 bits per heavy atom. The quantitative estimate of drug-likeness (QED) is 0.461. The number of carbonyl (C=O) groups is 2. The van der Waals surface area contributed by atoms with Gasteiger partial charge in [-0.1, -0.05) is 5.16 Å². The molecule has 2 fully saturated rings. The first-order valence-corrected chi connectivity index (χ1v) is 11.5. The smallest absolute Gasteiger partial charge is 0.259 e. The van der Waals surface area contributed by atoms with Crippen molar-refractivity contribution in [2.75, 3.05) is 42.3 Å². The van der Waals surface area contributed by atoms with Gasteiger partial charge < -0.3 is 39.8 Å². The number of nitrogens with zero attached hydrogens (tertiary/aromatic N) is 2. The monoisotopic (exact) mass is 500 g/mol. The number of amides is 2. The number of fused-ring (bicyclic) bond motifs is 1. The van der Waals surface area contributed by atoms with Crippen LogP contribution in [0.4, 0.5) is 21.6 Å². The van der Waals surface area contributed by atoms with Gasteiger partial charge in [-0.25, -0.2) is 4.39 Å². The first-order chi connectivity index (χ1) is 17.4. The fourth-order valence-corrected chi connectivity index (χ4v) is 4.20. The van der Waals surface area contributed by atoms with E-state index in [-0.39, 0.29) is 30.8 Å². The third-order valence-corrected chi connectivity index (χ3v) is 6.13. The van der Waals surface area contributed by atoms with Crippen LogP contribution in [0.1, 0.15) is 12.8 Å². The summed E-state index contributed by atoms with van der Waals surface area (Å²) in [5.41, 5.74) is 6.73. The van der Waals surface area contributed by atoms with E-state index in [1.54, 1.807) is 12.1 Å². The molecule has 2 amide bonds. The molecule has 2 atom stereocenters. The molecule has 4 N–H and O–H groups in total. The zero-order valence-corrected chi connectivity index (χ0v) is 19.2. The van der Waals surface area contributed by atoms with Crippen LogP contribution in [0, 0.1) is 5.82 Å². The normalized spacial score (nSPS) is 19.9. The molecule has 11 nitrogen and oxygen atoms in total. The third-order valence-electron chi connectivity index (χ3n) is 6.13. The number of halogens is 1. The maximum atomic E-state index is 14.4. The lowest BCUT2D eigenvalue weighted by molar-refractivity contribution is -0.150. The molecule has 0 saturated carbocycles. The Balaban J connectivity index is 1.28. The molecule has 3 heterocycles. The van der Waals surface area contributed by atoms with E-state index in [0.717, 1.165) is 0 Å². The van der Waals surface area contributed by atoms with E-state index in [0.29, 0.717) is 48.4 Å². The summed E-state index contributed by atoms with van der Waals surface area (Å²) in [6.07, 6.45) is -2.15. The number of hydrogen-bond donors (Lipinski definition) is 3. The van der Waals surface area contributed by atoms with Crippen LogP contribution in [0.5, 0.6) is 5.75 Å². The molecule has 2 aliphatic rings. The highest BCUT2D eigenvalue weighted by atomic mass is 19.1. The second kappa shape index (κ2) is 10.1. The molecule has 1 aromatic heterocycles. The number of anilines is 3. The zero-order valence-electron chi connectivity index (χ0n) is 19.2. The highest BCUT2D eigenvalue weighted by molar-refractivity contribution is 6.04. The number of nitrogens with two attached hydrogens (primary N) is 1. The molecular weight excluding hydrogens is 475 g/mol. The number of rotatable bonds is 6. The van der Waals surface area contributed by atoms with E-state index < -0.39 is 29.8 Å². The first-order valence-electron chi connectivity index (χ1n) is 11.5. The first kappa shape index (κ1) is 24.0. The molecule has 2 aliphatic heterocycles. The van der Waals surface area contributed by atoms with Gasteiger partial charge in [-0.05, 0) is 24.3 Å². The third kappa shape index (κ3) is 4.83. The summed E-state index contributed by atoms with van der Waals surface area (Å²) < 4.78 is 36.0. The molecule has 12 heteroatoms. The molecule has 2 aromatic carbocycles. The Kier molecular flexibility index (Phi) is 6.72. The van der Waals surface area contributed by atoms with Crippen LogP contribution in [-0.4, -0.2) is 66.8 Å². The minimum absolute atomic E-state index is 0.0250. The fraction of sp³-hybridized carbons (Fsp3) is 0.375. The van der Waals surface area contributed by atoms with Crippen molar-refractivity contribution in [1.82, 2.24) is 5.16 Å². The van der Waals surface area contributed by atoms with Gasteiger partial charge in [-0.2, -0.15) is 0 Å². The number of aliphatic hydroxyl groups is 1. The summed E-state index contributed by atoms with van der Waals surface area (Å²) in [5.74, 6) is -1.79. The molecular formula is C24H25FN4O7. The van der Waals surface area contributed by atoms with Gasteiger partial charge in [0.15, 0.2) is 35.2 Å². The van der Waals surface area contributed by atoms with Crippen LogP contribution in [0.15, 0.2) is 40.9 Å². The number of aromatic nitrogens is 1. The second-order valence-corrected chi connectivity index (χ2v) is 8.54. The van der Waals surface area contributed by atoms with Crippen molar-refractivity contribution >= 4 is 40.0 Å². The number of aliphatic hydroxyl groups excluding tert-OH is 1. The fourth-order valence-electron chi connectivity index (χ4n) is 4.20. The number of nitrogens with one attached hydrogen (secondary N) is 1. The van der Waals surface area contributed by atoms with Crippen molar-refractivity contribution in [2.45, 2.75) is 31.2 Å². The van der Waals surface area contributed by atoms with Crippen LogP contribution in [-0.2, 0) is 19.1 Å². The van der Waals surface area contributed by atoms with E-state index in [1.165, 1.54) is 29.2 Å². The Labute approximate surface area is 204 Å². The largest absolute Gasteiger partial charge is 0.487 e. The molecule has 0 radical (unpaired) electrons. The molecule has 2 saturated heterocycles. The number of morpholine rings is 1. The second-order valence-electron chi connectivity index (χ2n) is 8.54. The average Bonchev–Trinajstić information content (AvgIpc) is 3.25. The maximum absolute atomic E-state index is 14.4. The van der Waals surface area contributed by atoms with E-state index >= 15 is 0 Å². The Hall–Kier alpha value is -3.74.